The molecule has 6 nitrogen and oxygen atoms in total. The highest BCUT2D eigenvalue weighted by molar-refractivity contribution is 7.89. The molecule has 106 valence electrons. The molecule has 1 aromatic rings. The molecule has 0 spiro atoms. The van der Waals surface area contributed by atoms with Crippen molar-refractivity contribution < 1.29 is 22.7 Å². The summed E-state index contributed by atoms with van der Waals surface area (Å²) in [7, 11) is -3.71. The first-order valence-electron chi connectivity index (χ1n) is 6.13. The molecule has 0 aliphatic heterocycles. The Morgan fingerprint density at radius 2 is 2.16 bits per heavy atom. The molecule has 1 saturated carbocycles. The summed E-state index contributed by atoms with van der Waals surface area (Å²) in [5.74, 6) is -1.56. The molecule has 1 aliphatic rings. The van der Waals surface area contributed by atoms with Gasteiger partial charge in [-0.2, -0.15) is 0 Å². The van der Waals surface area contributed by atoms with Crippen LogP contribution in [0.4, 0.5) is 0 Å². The van der Waals surface area contributed by atoms with E-state index < -0.39 is 16.0 Å². The molecule has 0 radical (unpaired) electrons. The van der Waals surface area contributed by atoms with Crippen molar-refractivity contribution in [2.45, 2.75) is 38.0 Å². The van der Waals surface area contributed by atoms with Crippen molar-refractivity contribution in [1.29, 1.82) is 0 Å². The highest BCUT2D eigenvalue weighted by Gasteiger charge is 2.41. The van der Waals surface area contributed by atoms with Gasteiger partial charge >= 0.3 is 5.97 Å². The van der Waals surface area contributed by atoms with Gasteiger partial charge in [-0.15, -0.1) is 0 Å². The van der Waals surface area contributed by atoms with Gasteiger partial charge in [0.25, 0.3) is 0 Å². The molecular formula is C12H17NO5S. The lowest BCUT2D eigenvalue weighted by Crippen LogP contribution is -2.30. The van der Waals surface area contributed by atoms with Crippen LogP contribution >= 0.6 is 0 Å². The fourth-order valence-corrected chi connectivity index (χ4v) is 3.33. The van der Waals surface area contributed by atoms with Crippen LogP contribution in [0.1, 0.15) is 42.5 Å². The highest BCUT2D eigenvalue weighted by atomic mass is 32.2. The predicted octanol–water partition coefficient (Wildman–Crippen LogP) is 1.75. The van der Waals surface area contributed by atoms with Crippen molar-refractivity contribution in [1.82, 2.24) is 4.72 Å². The molecule has 0 saturated heterocycles. The van der Waals surface area contributed by atoms with Gasteiger partial charge in [0.05, 0.1) is 0 Å². The lowest BCUT2D eigenvalue weighted by atomic mass is 10.1. The monoisotopic (exact) mass is 287 g/mol. The first-order valence-corrected chi connectivity index (χ1v) is 7.61. The van der Waals surface area contributed by atoms with Crippen LogP contribution in [0.25, 0.3) is 0 Å². The highest BCUT2D eigenvalue weighted by Crippen LogP contribution is 2.48. The molecule has 1 aromatic heterocycles. The molecule has 0 unspecified atom stereocenters. The van der Waals surface area contributed by atoms with Crippen molar-refractivity contribution in [3.63, 3.8) is 0 Å². The summed E-state index contributed by atoms with van der Waals surface area (Å²) in [5.41, 5.74) is 0.0837. The van der Waals surface area contributed by atoms with Gasteiger partial charge in [0.1, 0.15) is 10.7 Å². The van der Waals surface area contributed by atoms with Crippen LogP contribution < -0.4 is 4.72 Å². The SMILES string of the molecule is CCC1(CNS(=O)(=O)c2cc(C(=O)O)oc2C)CC1. The number of carboxylic acid groups (broad SMARTS) is 1. The molecule has 19 heavy (non-hydrogen) atoms. The van der Waals surface area contributed by atoms with Crippen LogP contribution in [0, 0.1) is 12.3 Å². The third kappa shape index (κ3) is 2.82. The van der Waals surface area contributed by atoms with Gasteiger partial charge in [-0.3, -0.25) is 0 Å². The molecule has 2 rings (SSSR count). The zero-order valence-corrected chi connectivity index (χ0v) is 11.7. The number of aromatic carboxylic acids is 1. The second kappa shape index (κ2) is 4.64. The van der Waals surface area contributed by atoms with E-state index in [4.69, 9.17) is 9.52 Å². The van der Waals surface area contributed by atoms with Crippen LogP contribution in [0.2, 0.25) is 0 Å². The maximum atomic E-state index is 12.1. The maximum Gasteiger partial charge on any atom is 0.371 e. The maximum absolute atomic E-state index is 12.1. The Labute approximate surface area is 111 Å². The summed E-state index contributed by atoms with van der Waals surface area (Å²) in [6.07, 6.45) is 2.98. The number of nitrogens with one attached hydrogen (secondary N) is 1. The van der Waals surface area contributed by atoms with Gasteiger partial charge < -0.3 is 9.52 Å². The van der Waals surface area contributed by atoms with Gasteiger partial charge in [0.15, 0.2) is 0 Å². The number of sulfonamides is 1. The normalized spacial score (nSPS) is 17.4. The number of rotatable bonds is 6. The predicted molar refractivity (Wildman–Crippen MR) is 67.6 cm³/mol. The molecule has 0 amide bonds. The smallest absolute Gasteiger partial charge is 0.371 e. The van der Waals surface area contributed by atoms with Crippen molar-refractivity contribution in [2.24, 2.45) is 5.41 Å². The van der Waals surface area contributed by atoms with Crippen LogP contribution in [-0.2, 0) is 10.0 Å². The summed E-state index contributed by atoms with van der Waals surface area (Å²) in [6.45, 7) is 3.86. The van der Waals surface area contributed by atoms with E-state index in [0.29, 0.717) is 6.54 Å². The number of hydrogen-bond acceptors (Lipinski definition) is 4. The zero-order chi connectivity index (χ0) is 14.3. The molecular weight excluding hydrogens is 270 g/mol. The van der Waals surface area contributed by atoms with E-state index in [1.807, 2.05) is 6.92 Å². The fourth-order valence-electron chi connectivity index (χ4n) is 2.00. The first kappa shape index (κ1) is 14.1. The Balaban J connectivity index is 2.17. The largest absolute Gasteiger partial charge is 0.475 e. The number of carbonyl (C=O) groups is 1. The summed E-state index contributed by atoms with van der Waals surface area (Å²) in [5, 5.41) is 8.79. The van der Waals surface area contributed by atoms with Gasteiger partial charge in [0, 0.05) is 12.6 Å². The average molecular weight is 287 g/mol. The van der Waals surface area contributed by atoms with Crippen molar-refractivity contribution in [3.8, 4) is 0 Å². The second-order valence-electron chi connectivity index (χ2n) is 5.01. The van der Waals surface area contributed by atoms with Gasteiger partial charge in [-0.05, 0) is 31.6 Å². The van der Waals surface area contributed by atoms with E-state index in [-0.39, 0.29) is 21.8 Å². The zero-order valence-electron chi connectivity index (χ0n) is 10.9. The van der Waals surface area contributed by atoms with Crippen molar-refractivity contribution in [2.75, 3.05) is 6.54 Å². The number of furan rings is 1. The van der Waals surface area contributed by atoms with Gasteiger partial charge in [-0.1, -0.05) is 6.92 Å². The van der Waals surface area contributed by atoms with E-state index in [9.17, 15) is 13.2 Å². The summed E-state index contributed by atoms with van der Waals surface area (Å²) < 4.78 is 31.7. The topological polar surface area (TPSA) is 96.6 Å². The van der Waals surface area contributed by atoms with E-state index in [0.717, 1.165) is 25.3 Å². The average Bonchev–Trinajstić information content (AvgIpc) is 3.02. The molecule has 2 N–H and O–H groups in total. The third-order valence-electron chi connectivity index (χ3n) is 3.72. The Morgan fingerprint density at radius 1 is 1.53 bits per heavy atom. The van der Waals surface area contributed by atoms with Crippen molar-refractivity contribution in [3.05, 3.63) is 17.6 Å². The quantitative estimate of drug-likeness (QED) is 0.831. The molecule has 1 heterocycles. The van der Waals surface area contributed by atoms with E-state index in [1.165, 1.54) is 6.92 Å². The standard InChI is InChI=1S/C12H17NO5S/c1-3-12(4-5-12)7-13-19(16,17)10-6-9(11(14)15)18-8(10)2/h6,13H,3-5,7H2,1-2H3,(H,14,15). The fraction of sp³-hybridized carbons (Fsp3) is 0.583. The minimum Gasteiger partial charge on any atom is -0.475 e. The Kier molecular flexibility index (Phi) is 3.44. The molecule has 1 aliphatic carbocycles. The van der Waals surface area contributed by atoms with Crippen LogP contribution in [-0.4, -0.2) is 26.0 Å². The Morgan fingerprint density at radius 3 is 2.58 bits per heavy atom. The molecule has 0 aromatic carbocycles. The lowest BCUT2D eigenvalue weighted by molar-refractivity contribution is 0.0661. The van der Waals surface area contributed by atoms with Gasteiger partial charge in [0.2, 0.25) is 15.8 Å². The number of hydrogen-bond donors (Lipinski definition) is 2. The minimum absolute atomic E-state index is 0.0837. The number of carboxylic acids is 1. The Hall–Kier alpha value is -1.34. The van der Waals surface area contributed by atoms with Crippen LogP contribution in [0.3, 0.4) is 0 Å². The Bertz CT molecular complexity index is 598. The van der Waals surface area contributed by atoms with Crippen molar-refractivity contribution >= 4 is 16.0 Å². The van der Waals surface area contributed by atoms with Gasteiger partial charge in [-0.25, -0.2) is 17.9 Å². The molecule has 0 bridgehead atoms. The minimum atomic E-state index is -3.71. The summed E-state index contributed by atoms with van der Waals surface area (Å²) in [4.78, 5) is 10.7. The van der Waals surface area contributed by atoms with E-state index in [2.05, 4.69) is 4.72 Å². The molecule has 7 heteroatoms. The lowest BCUT2D eigenvalue weighted by Gasteiger charge is -2.13. The number of aryl methyl sites for hydroxylation is 1. The summed E-state index contributed by atoms with van der Waals surface area (Å²) in [6, 6.07) is 1.05. The van der Waals surface area contributed by atoms with Crippen LogP contribution in [0.5, 0.6) is 0 Å². The van der Waals surface area contributed by atoms with Crippen LogP contribution in [0.15, 0.2) is 15.4 Å². The van der Waals surface area contributed by atoms with E-state index in [1.54, 1.807) is 0 Å². The molecule has 1 fully saturated rings. The molecule has 0 atom stereocenters. The summed E-state index contributed by atoms with van der Waals surface area (Å²) >= 11 is 0. The first-order chi connectivity index (χ1) is 8.80. The van der Waals surface area contributed by atoms with E-state index >= 15 is 0 Å². The third-order valence-corrected chi connectivity index (χ3v) is 5.23. The second-order valence-corrected chi connectivity index (χ2v) is 6.75.